The molecule has 136 valence electrons. The number of carbonyl (C=O) groups excluding carboxylic acids is 3. The van der Waals surface area contributed by atoms with Crippen LogP contribution < -0.4 is 10.6 Å². The van der Waals surface area contributed by atoms with Crippen molar-refractivity contribution in [3.8, 4) is 11.4 Å². The highest BCUT2D eigenvalue weighted by molar-refractivity contribution is 5.95. The number of ketones is 1. The molecule has 2 amide bonds. The van der Waals surface area contributed by atoms with Gasteiger partial charge < -0.3 is 15.2 Å². The quantitative estimate of drug-likeness (QED) is 0.803. The van der Waals surface area contributed by atoms with Gasteiger partial charge in [0, 0.05) is 30.1 Å². The molecule has 2 aromatic rings. The summed E-state index contributed by atoms with van der Waals surface area (Å²) in [6.07, 6.45) is 1.77. The predicted molar refractivity (Wildman–Crippen MR) is 96.9 cm³/mol. The maximum atomic E-state index is 12.2. The highest BCUT2D eigenvalue weighted by Gasteiger charge is 2.30. The predicted octanol–water partition coefficient (Wildman–Crippen LogP) is 1.95. The fourth-order valence-electron chi connectivity index (χ4n) is 3.12. The Bertz CT molecular complexity index is 852. The van der Waals surface area contributed by atoms with Gasteiger partial charge in [0.15, 0.2) is 5.78 Å². The van der Waals surface area contributed by atoms with E-state index in [1.807, 2.05) is 30.5 Å². The van der Waals surface area contributed by atoms with Gasteiger partial charge in [-0.05, 0) is 20.8 Å². The second-order valence-electron chi connectivity index (χ2n) is 6.76. The average Bonchev–Trinajstić information content (AvgIpc) is 3.03. The Labute approximate surface area is 151 Å². The van der Waals surface area contributed by atoms with Crippen LogP contribution in [0.5, 0.6) is 0 Å². The summed E-state index contributed by atoms with van der Waals surface area (Å²) >= 11 is 0. The Hall–Kier alpha value is -2.96. The minimum Gasteiger partial charge on any atom is -0.354 e. The lowest BCUT2D eigenvalue weighted by Crippen LogP contribution is -2.41. The minimum atomic E-state index is -0.216. The molecule has 1 aliphatic rings. The molecule has 0 aliphatic carbocycles. The number of aromatic nitrogens is 2. The molecule has 1 aromatic heterocycles. The summed E-state index contributed by atoms with van der Waals surface area (Å²) < 4.78 is 1.82. The monoisotopic (exact) mass is 354 g/mol. The van der Waals surface area contributed by atoms with E-state index < -0.39 is 0 Å². The molecule has 1 unspecified atom stereocenters. The molecule has 2 N–H and O–H groups in total. The number of nitrogens with one attached hydrogen (secondary N) is 2. The van der Waals surface area contributed by atoms with Gasteiger partial charge in [0.2, 0.25) is 5.91 Å². The van der Waals surface area contributed by atoms with E-state index in [4.69, 9.17) is 0 Å². The third-order valence-electron chi connectivity index (χ3n) is 4.31. The van der Waals surface area contributed by atoms with Gasteiger partial charge >= 0.3 is 0 Å². The second-order valence-corrected chi connectivity index (χ2v) is 6.76. The zero-order valence-electron chi connectivity index (χ0n) is 15.1. The number of Topliss-reactive ketones (excluding diaryl/α,β-unsaturated/α-hetero) is 1. The minimum absolute atomic E-state index is 0.00990. The third kappa shape index (κ3) is 3.51. The van der Waals surface area contributed by atoms with Crippen molar-refractivity contribution in [3.63, 3.8) is 0 Å². The summed E-state index contributed by atoms with van der Waals surface area (Å²) in [5, 5.41) is 5.69. The standard InChI is InChI=1S/C19H22N4O3/c1-11(2)22-17(25)8-15-9-21-19(26)16-10-20-18(23(15)16)14-6-4-13(5-7-14)12(3)24/h4-7,10-11,15H,8-9H2,1-3H3,(H,21,26)(H,22,25). The van der Waals surface area contributed by atoms with E-state index in [0.717, 1.165) is 5.56 Å². The lowest BCUT2D eigenvalue weighted by Gasteiger charge is -2.27. The van der Waals surface area contributed by atoms with E-state index >= 15 is 0 Å². The van der Waals surface area contributed by atoms with Gasteiger partial charge in [0.1, 0.15) is 11.5 Å². The first-order valence-corrected chi connectivity index (χ1v) is 8.63. The number of carbonyl (C=O) groups is 3. The molecule has 0 fully saturated rings. The van der Waals surface area contributed by atoms with Crippen LogP contribution in [0.15, 0.2) is 30.5 Å². The van der Waals surface area contributed by atoms with Crippen molar-refractivity contribution in [2.75, 3.05) is 6.54 Å². The maximum absolute atomic E-state index is 12.2. The van der Waals surface area contributed by atoms with Crippen LogP contribution in [0.25, 0.3) is 11.4 Å². The summed E-state index contributed by atoms with van der Waals surface area (Å²) in [7, 11) is 0. The lowest BCUT2D eigenvalue weighted by molar-refractivity contribution is -0.122. The van der Waals surface area contributed by atoms with Crippen LogP contribution in [-0.4, -0.2) is 39.7 Å². The number of hydrogen-bond acceptors (Lipinski definition) is 4. The summed E-state index contributed by atoms with van der Waals surface area (Å²) in [6.45, 7) is 5.70. The summed E-state index contributed by atoms with van der Waals surface area (Å²) in [6, 6.07) is 6.94. The third-order valence-corrected chi connectivity index (χ3v) is 4.31. The molecular weight excluding hydrogens is 332 g/mol. The molecular formula is C19H22N4O3. The van der Waals surface area contributed by atoms with Crippen LogP contribution >= 0.6 is 0 Å². The molecule has 1 atom stereocenters. The Morgan fingerprint density at radius 3 is 2.62 bits per heavy atom. The first-order valence-electron chi connectivity index (χ1n) is 8.63. The van der Waals surface area contributed by atoms with Gasteiger partial charge in [0.25, 0.3) is 5.91 Å². The molecule has 26 heavy (non-hydrogen) atoms. The first-order chi connectivity index (χ1) is 12.4. The summed E-state index contributed by atoms with van der Waals surface area (Å²) in [5.41, 5.74) is 1.85. The van der Waals surface area contributed by atoms with Gasteiger partial charge in [-0.25, -0.2) is 4.98 Å². The van der Waals surface area contributed by atoms with Gasteiger partial charge in [-0.1, -0.05) is 24.3 Å². The maximum Gasteiger partial charge on any atom is 0.269 e. The van der Waals surface area contributed by atoms with Crippen molar-refractivity contribution in [1.82, 2.24) is 20.2 Å². The number of benzene rings is 1. The van der Waals surface area contributed by atoms with Crippen molar-refractivity contribution < 1.29 is 14.4 Å². The number of hydrogen-bond donors (Lipinski definition) is 2. The van der Waals surface area contributed by atoms with Crippen LogP contribution in [0, 0.1) is 0 Å². The first kappa shape index (κ1) is 17.8. The smallest absolute Gasteiger partial charge is 0.269 e. The number of fused-ring (bicyclic) bond motifs is 1. The van der Waals surface area contributed by atoms with Crippen molar-refractivity contribution in [2.24, 2.45) is 0 Å². The van der Waals surface area contributed by atoms with Crippen LogP contribution in [-0.2, 0) is 4.79 Å². The fraction of sp³-hybridized carbons (Fsp3) is 0.368. The molecule has 2 heterocycles. The number of amides is 2. The van der Waals surface area contributed by atoms with E-state index in [-0.39, 0.29) is 36.1 Å². The zero-order valence-corrected chi connectivity index (χ0v) is 15.1. The van der Waals surface area contributed by atoms with Gasteiger partial charge in [-0.15, -0.1) is 0 Å². The van der Waals surface area contributed by atoms with Crippen molar-refractivity contribution >= 4 is 17.6 Å². The SMILES string of the molecule is CC(=O)c1ccc(-c2ncc3n2C(CC(=O)NC(C)C)CNC3=O)cc1. The Morgan fingerprint density at radius 2 is 2.00 bits per heavy atom. The van der Waals surface area contributed by atoms with Gasteiger partial charge in [0.05, 0.1) is 12.2 Å². The van der Waals surface area contributed by atoms with Crippen LogP contribution in [0.3, 0.4) is 0 Å². The second kappa shape index (κ2) is 7.11. The van der Waals surface area contributed by atoms with E-state index in [1.165, 1.54) is 13.1 Å². The molecule has 7 heteroatoms. The Morgan fingerprint density at radius 1 is 1.31 bits per heavy atom. The van der Waals surface area contributed by atoms with Crippen LogP contribution in [0.2, 0.25) is 0 Å². The summed E-state index contributed by atoms with van der Waals surface area (Å²) in [4.78, 5) is 40.2. The van der Waals surface area contributed by atoms with Crippen LogP contribution in [0.4, 0.5) is 0 Å². The Balaban J connectivity index is 1.95. The van der Waals surface area contributed by atoms with Gasteiger partial charge in [-0.3, -0.25) is 14.4 Å². The van der Waals surface area contributed by atoms with E-state index in [2.05, 4.69) is 15.6 Å². The zero-order chi connectivity index (χ0) is 18.8. The number of imidazole rings is 1. The number of rotatable bonds is 5. The molecule has 0 spiro atoms. The van der Waals surface area contributed by atoms with E-state index in [0.29, 0.717) is 23.6 Å². The largest absolute Gasteiger partial charge is 0.354 e. The molecule has 0 saturated carbocycles. The molecule has 0 radical (unpaired) electrons. The van der Waals surface area contributed by atoms with Gasteiger partial charge in [-0.2, -0.15) is 0 Å². The Kier molecular flexibility index (Phi) is 4.88. The molecule has 1 aliphatic heterocycles. The number of nitrogens with zero attached hydrogens (tertiary/aromatic N) is 2. The molecule has 7 nitrogen and oxygen atoms in total. The normalized spacial score (nSPS) is 16.2. The summed E-state index contributed by atoms with van der Waals surface area (Å²) in [5.74, 6) is 0.333. The molecule has 0 saturated heterocycles. The average molecular weight is 354 g/mol. The molecule has 1 aromatic carbocycles. The molecule has 0 bridgehead atoms. The van der Waals surface area contributed by atoms with Crippen molar-refractivity contribution in [2.45, 2.75) is 39.3 Å². The fourth-order valence-corrected chi connectivity index (χ4v) is 3.12. The van der Waals surface area contributed by atoms with Crippen molar-refractivity contribution in [3.05, 3.63) is 41.7 Å². The highest BCUT2D eigenvalue weighted by Crippen LogP contribution is 2.28. The van der Waals surface area contributed by atoms with Crippen molar-refractivity contribution in [1.29, 1.82) is 0 Å². The van der Waals surface area contributed by atoms with Crippen LogP contribution in [0.1, 0.15) is 54.1 Å². The topological polar surface area (TPSA) is 93.1 Å². The van der Waals surface area contributed by atoms with E-state index in [9.17, 15) is 14.4 Å². The van der Waals surface area contributed by atoms with E-state index in [1.54, 1.807) is 12.1 Å². The highest BCUT2D eigenvalue weighted by atomic mass is 16.2. The molecule has 3 rings (SSSR count). The lowest BCUT2D eigenvalue weighted by atomic mass is 10.1.